The van der Waals surface area contributed by atoms with Gasteiger partial charge in [0.2, 0.25) is 9.84 Å². The van der Waals surface area contributed by atoms with E-state index in [0.717, 1.165) is 0 Å². The fourth-order valence-electron chi connectivity index (χ4n) is 2.92. The molecule has 2 rings (SSSR count). The molecule has 2 atom stereocenters. The average Bonchev–Trinajstić information content (AvgIpc) is 2.88. The van der Waals surface area contributed by atoms with Crippen molar-refractivity contribution in [2.75, 3.05) is 0 Å². The molecular weight excluding hydrogens is 270 g/mol. The number of rotatable bonds is 4. The van der Waals surface area contributed by atoms with Crippen LogP contribution in [0.1, 0.15) is 32.6 Å². The van der Waals surface area contributed by atoms with Crippen LogP contribution >= 0.6 is 0 Å². The Morgan fingerprint density at radius 2 is 1.84 bits per heavy atom. The fraction of sp³-hybridized carbons (Fsp3) is 0.571. The van der Waals surface area contributed by atoms with Crippen molar-refractivity contribution in [2.45, 2.75) is 42.8 Å². The zero-order chi connectivity index (χ0) is 14.1. The Morgan fingerprint density at radius 3 is 2.42 bits per heavy atom. The first kappa shape index (κ1) is 14.4. The van der Waals surface area contributed by atoms with E-state index in [2.05, 4.69) is 0 Å². The summed E-state index contributed by atoms with van der Waals surface area (Å²) in [6.45, 7) is 1.84. The Bertz CT molecular complexity index is 526. The lowest BCUT2D eigenvalue weighted by Crippen LogP contribution is -2.39. The SMILES string of the molecule is CCC1CCCC1C(F)(F)S(=O)(=O)c1ccccc1. The molecule has 1 aliphatic rings. The first-order valence-electron chi connectivity index (χ1n) is 6.58. The first-order chi connectivity index (χ1) is 8.91. The van der Waals surface area contributed by atoms with E-state index in [1.165, 1.54) is 24.3 Å². The molecule has 2 unspecified atom stereocenters. The molecule has 0 aliphatic heterocycles. The molecule has 0 N–H and O–H groups in total. The minimum Gasteiger partial charge on any atom is -0.217 e. The van der Waals surface area contributed by atoms with Gasteiger partial charge in [0.25, 0.3) is 0 Å². The van der Waals surface area contributed by atoms with Gasteiger partial charge >= 0.3 is 5.25 Å². The van der Waals surface area contributed by atoms with Crippen molar-refractivity contribution in [3.8, 4) is 0 Å². The number of benzene rings is 1. The summed E-state index contributed by atoms with van der Waals surface area (Å²) in [7, 11) is -4.60. The second-order valence-corrected chi connectivity index (χ2v) is 7.11. The van der Waals surface area contributed by atoms with Crippen LogP contribution in [0.25, 0.3) is 0 Å². The van der Waals surface area contributed by atoms with Crippen molar-refractivity contribution in [1.82, 2.24) is 0 Å². The molecule has 1 fully saturated rings. The highest BCUT2D eigenvalue weighted by molar-refractivity contribution is 7.92. The summed E-state index contributed by atoms with van der Waals surface area (Å²) in [6.07, 6.45) is 2.27. The number of halogens is 2. The standard InChI is InChI=1S/C14H18F2O2S/c1-2-11-7-6-10-13(11)14(15,16)19(17,18)12-8-4-3-5-9-12/h3-5,8-9,11,13H,2,6-7,10H2,1H3. The van der Waals surface area contributed by atoms with Gasteiger partial charge in [-0.1, -0.05) is 38.0 Å². The van der Waals surface area contributed by atoms with Crippen LogP contribution in [0.3, 0.4) is 0 Å². The second-order valence-electron chi connectivity index (χ2n) is 5.08. The summed E-state index contributed by atoms with van der Waals surface area (Å²) in [5, 5.41) is -3.68. The van der Waals surface area contributed by atoms with Crippen molar-refractivity contribution in [3.63, 3.8) is 0 Å². The lowest BCUT2D eigenvalue weighted by molar-refractivity contribution is 0.00754. The van der Waals surface area contributed by atoms with Gasteiger partial charge in [0.05, 0.1) is 4.90 Å². The molecule has 19 heavy (non-hydrogen) atoms. The highest BCUT2D eigenvalue weighted by atomic mass is 32.2. The Balaban J connectivity index is 2.38. The maximum absolute atomic E-state index is 14.4. The third kappa shape index (κ3) is 2.40. The van der Waals surface area contributed by atoms with Crippen molar-refractivity contribution in [2.24, 2.45) is 11.8 Å². The lowest BCUT2D eigenvalue weighted by atomic mass is 9.94. The number of alkyl halides is 2. The molecule has 1 aliphatic carbocycles. The van der Waals surface area contributed by atoms with E-state index >= 15 is 0 Å². The first-order valence-corrected chi connectivity index (χ1v) is 8.07. The Hall–Kier alpha value is -0.970. The number of hydrogen-bond donors (Lipinski definition) is 0. The molecule has 0 spiro atoms. The number of sulfone groups is 1. The maximum atomic E-state index is 14.4. The van der Waals surface area contributed by atoms with E-state index in [1.54, 1.807) is 6.07 Å². The lowest BCUT2D eigenvalue weighted by Gasteiger charge is -2.27. The minimum atomic E-state index is -4.60. The van der Waals surface area contributed by atoms with Crippen molar-refractivity contribution in [3.05, 3.63) is 30.3 Å². The van der Waals surface area contributed by atoms with Gasteiger partial charge in [-0.05, 0) is 30.9 Å². The highest BCUT2D eigenvalue weighted by Gasteiger charge is 2.55. The van der Waals surface area contributed by atoms with Gasteiger partial charge < -0.3 is 0 Å². The molecule has 0 amide bonds. The summed E-state index contributed by atoms with van der Waals surface area (Å²) in [5.41, 5.74) is 0. The van der Waals surface area contributed by atoms with Crippen LogP contribution < -0.4 is 0 Å². The van der Waals surface area contributed by atoms with Gasteiger partial charge in [0.15, 0.2) is 0 Å². The third-order valence-electron chi connectivity index (χ3n) is 4.03. The predicted molar refractivity (Wildman–Crippen MR) is 69.7 cm³/mol. The zero-order valence-electron chi connectivity index (χ0n) is 10.9. The van der Waals surface area contributed by atoms with E-state index in [-0.39, 0.29) is 17.2 Å². The summed E-state index contributed by atoms with van der Waals surface area (Å²) in [5.74, 6) is -1.25. The summed E-state index contributed by atoms with van der Waals surface area (Å²) < 4.78 is 53.2. The van der Waals surface area contributed by atoms with Gasteiger partial charge in [-0.3, -0.25) is 0 Å². The zero-order valence-corrected chi connectivity index (χ0v) is 11.7. The second kappa shape index (κ2) is 5.19. The molecule has 1 saturated carbocycles. The highest BCUT2D eigenvalue weighted by Crippen LogP contribution is 2.47. The smallest absolute Gasteiger partial charge is 0.217 e. The molecule has 0 radical (unpaired) electrons. The van der Waals surface area contributed by atoms with Crippen molar-refractivity contribution in [1.29, 1.82) is 0 Å². The van der Waals surface area contributed by atoms with Gasteiger partial charge in [-0.2, -0.15) is 8.78 Å². The van der Waals surface area contributed by atoms with Crippen LogP contribution in [0.2, 0.25) is 0 Å². The van der Waals surface area contributed by atoms with Crippen LogP contribution in [-0.4, -0.2) is 13.7 Å². The van der Waals surface area contributed by atoms with Crippen molar-refractivity contribution < 1.29 is 17.2 Å². The van der Waals surface area contributed by atoms with Crippen LogP contribution in [0.15, 0.2) is 35.2 Å². The molecule has 106 valence electrons. The molecule has 0 saturated heterocycles. The summed E-state index contributed by atoms with van der Waals surface area (Å²) >= 11 is 0. The molecule has 0 aromatic heterocycles. The predicted octanol–water partition coefficient (Wildman–Crippen LogP) is 3.88. The van der Waals surface area contributed by atoms with E-state index in [9.17, 15) is 17.2 Å². The van der Waals surface area contributed by atoms with Gasteiger partial charge in [-0.15, -0.1) is 0 Å². The monoisotopic (exact) mass is 288 g/mol. The quantitative estimate of drug-likeness (QED) is 0.842. The largest absolute Gasteiger partial charge is 0.353 e. The Morgan fingerprint density at radius 1 is 1.21 bits per heavy atom. The van der Waals surface area contributed by atoms with Gasteiger partial charge in [0.1, 0.15) is 0 Å². The maximum Gasteiger partial charge on any atom is 0.353 e. The molecule has 5 heteroatoms. The van der Waals surface area contributed by atoms with Crippen LogP contribution in [0.5, 0.6) is 0 Å². The average molecular weight is 288 g/mol. The minimum absolute atomic E-state index is 0.200. The number of hydrogen-bond acceptors (Lipinski definition) is 2. The van der Waals surface area contributed by atoms with Crippen molar-refractivity contribution >= 4 is 9.84 Å². The summed E-state index contributed by atoms with van der Waals surface area (Å²) in [6, 6.07) is 7.02. The van der Waals surface area contributed by atoms with Crippen LogP contribution in [0, 0.1) is 11.8 Å². The Labute approximate surface area is 112 Å². The molecular formula is C14H18F2O2S. The third-order valence-corrected chi connectivity index (χ3v) is 5.94. The van der Waals surface area contributed by atoms with E-state index in [1.807, 2.05) is 6.92 Å². The van der Waals surface area contributed by atoms with E-state index in [0.29, 0.717) is 19.3 Å². The topological polar surface area (TPSA) is 34.1 Å². The van der Waals surface area contributed by atoms with Gasteiger partial charge in [-0.25, -0.2) is 8.42 Å². The molecule has 1 aromatic rings. The summed E-state index contributed by atoms with van der Waals surface area (Å²) in [4.78, 5) is -0.290. The normalized spacial score (nSPS) is 24.6. The molecule has 2 nitrogen and oxygen atoms in total. The molecule has 0 heterocycles. The Kier molecular flexibility index (Phi) is 3.95. The van der Waals surface area contributed by atoms with Crippen LogP contribution in [0.4, 0.5) is 8.78 Å². The molecule has 1 aromatic carbocycles. The molecule has 0 bridgehead atoms. The van der Waals surface area contributed by atoms with E-state index in [4.69, 9.17) is 0 Å². The fourth-order valence-corrected chi connectivity index (χ4v) is 4.46. The van der Waals surface area contributed by atoms with Crippen LogP contribution in [-0.2, 0) is 9.84 Å². The van der Waals surface area contributed by atoms with E-state index < -0.39 is 21.0 Å². The van der Waals surface area contributed by atoms with Gasteiger partial charge in [0, 0.05) is 5.92 Å².